The van der Waals surface area contributed by atoms with Gasteiger partial charge in [0.15, 0.2) is 16.3 Å². The van der Waals surface area contributed by atoms with Crippen LogP contribution >= 0.6 is 11.3 Å². The van der Waals surface area contributed by atoms with Crippen molar-refractivity contribution in [1.82, 2.24) is 4.57 Å². The molecular formula is C28H27N3O8S. The van der Waals surface area contributed by atoms with E-state index in [1.165, 1.54) is 36.8 Å². The summed E-state index contributed by atoms with van der Waals surface area (Å²) in [5.74, 6) is -0.695. The van der Waals surface area contributed by atoms with E-state index in [9.17, 15) is 24.5 Å². The van der Waals surface area contributed by atoms with Gasteiger partial charge in [0.2, 0.25) is 0 Å². The molecule has 208 valence electrons. The second-order valence-corrected chi connectivity index (χ2v) is 10.4. The number of hydrogen-bond donors (Lipinski definition) is 0. The minimum Gasteiger partial charge on any atom is -0.493 e. The van der Waals surface area contributed by atoms with E-state index in [-0.39, 0.29) is 45.4 Å². The SMILES string of the molecule is COc1cc(C2C(C(=O)OCC(C)C)=C(C)N=c3sc(=Cc4ccccc4[N+](=O)[O-])c(=O)n32)ccc1OC(C)=O. The topological polar surface area (TPSA) is 139 Å². The van der Waals surface area contributed by atoms with Crippen LogP contribution in [0, 0.1) is 16.0 Å². The maximum absolute atomic E-state index is 13.8. The van der Waals surface area contributed by atoms with Gasteiger partial charge in [0.25, 0.3) is 11.2 Å². The maximum Gasteiger partial charge on any atom is 0.338 e. The lowest BCUT2D eigenvalue weighted by Gasteiger charge is -2.25. The second kappa shape index (κ2) is 11.7. The molecule has 1 aromatic heterocycles. The predicted molar refractivity (Wildman–Crippen MR) is 147 cm³/mol. The van der Waals surface area contributed by atoms with Crippen molar-refractivity contribution in [3.05, 3.63) is 94.7 Å². The number of nitrogens with zero attached hydrogens (tertiary/aromatic N) is 3. The van der Waals surface area contributed by atoms with Gasteiger partial charge in [-0.3, -0.25) is 24.3 Å². The Bertz CT molecular complexity index is 1720. The Morgan fingerprint density at radius 1 is 1.20 bits per heavy atom. The molecule has 1 aliphatic heterocycles. The number of benzene rings is 2. The van der Waals surface area contributed by atoms with Crippen molar-refractivity contribution in [2.45, 2.75) is 33.7 Å². The third-order valence-corrected chi connectivity index (χ3v) is 6.95. The zero-order valence-corrected chi connectivity index (χ0v) is 23.3. The van der Waals surface area contributed by atoms with E-state index in [4.69, 9.17) is 14.2 Å². The summed E-state index contributed by atoms with van der Waals surface area (Å²) >= 11 is 1.05. The van der Waals surface area contributed by atoms with Crippen LogP contribution in [0.2, 0.25) is 0 Å². The number of hydrogen-bond acceptors (Lipinski definition) is 10. The van der Waals surface area contributed by atoms with Crippen LogP contribution in [0.3, 0.4) is 0 Å². The lowest BCUT2D eigenvalue weighted by Crippen LogP contribution is -2.40. The van der Waals surface area contributed by atoms with Gasteiger partial charge in [0, 0.05) is 13.0 Å². The van der Waals surface area contributed by atoms with E-state index < -0.39 is 28.5 Å². The van der Waals surface area contributed by atoms with Crippen molar-refractivity contribution >= 4 is 35.0 Å². The Balaban J connectivity index is 1.95. The molecule has 1 unspecified atom stereocenters. The number of carbonyl (C=O) groups is 2. The second-order valence-electron chi connectivity index (χ2n) is 9.39. The molecule has 0 aliphatic carbocycles. The molecule has 0 spiro atoms. The highest BCUT2D eigenvalue weighted by atomic mass is 32.1. The van der Waals surface area contributed by atoms with E-state index in [0.29, 0.717) is 16.1 Å². The number of ether oxygens (including phenoxy) is 3. The van der Waals surface area contributed by atoms with Gasteiger partial charge in [0.1, 0.15) is 0 Å². The zero-order valence-electron chi connectivity index (χ0n) is 22.5. The minimum absolute atomic E-state index is 0.0780. The van der Waals surface area contributed by atoms with Crippen molar-refractivity contribution < 1.29 is 28.7 Å². The molecular weight excluding hydrogens is 538 g/mol. The van der Waals surface area contributed by atoms with Gasteiger partial charge in [0.05, 0.1) is 46.0 Å². The van der Waals surface area contributed by atoms with Crippen molar-refractivity contribution in [2.75, 3.05) is 13.7 Å². The van der Waals surface area contributed by atoms with Gasteiger partial charge >= 0.3 is 11.9 Å². The largest absolute Gasteiger partial charge is 0.493 e. The number of methoxy groups -OCH3 is 1. The Hall–Kier alpha value is -4.58. The van der Waals surface area contributed by atoms with Gasteiger partial charge in [-0.25, -0.2) is 9.79 Å². The number of esters is 2. The van der Waals surface area contributed by atoms with Crippen molar-refractivity contribution in [3.63, 3.8) is 0 Å². The average molecular weight is 566 g/mol. The number of nitro groups is 1. The van der Waals surface area contributed by atoms with Crippen molar-refractivity contribution in [2.24, 2.45) is 10.9 Å². The van der Waals surface area contributed by atoms with Crippen LogP contribution in [0.15, 0.2) is 63.5 Å². The molecule has 1 atom stereocenters. The molecule has 0 fully saturated rings. The number of rotatable bonds is 8. The molecule has 12 heteroatoms. The van der Waals surface area contributed by atoms with Crippen LogP contribution in [0.25, 0.3) is 6.08 Å². The zero-order chi connectivity index (χ0) is 29.1. The van der Waals surface area contributed by atoms with Crippen molar-refractivity contribution in [1.29, 1.82) is 0 Å². The van der Waals surface area contributed by atoms with E-state index in [0.717, 1.165) is 11.3 Å². The molecule has 0 saturated carbocycles. The fourth-order valence-electron chi connectivity index (χ4n) is 4.23. The lowest BCUT2D eigenvalue weighted by atomic mass is 9.95. The first kappa shape index (κ1) is 28.4. The van der Waals surface area contributed by atoms with Crippen LogP contribution in [0.5, 0.6) is 11.5 Å². The summed E-state index contributed by atoms with van der Waals surface area (Å²) in [4.78, 5) is 54.6. The fourth-order valence-corrected chi connectivity index (χ4v) is 5.27. The number of para-hydroxylation sites is 1. The molecule has 0 N–H and O–H groups in total. The summed E-state index contributed by atoms with van der Waals surface area (Å²) in [7, 11) is 1.41. The molecule has 0 radical (unpaired) electrons. The Labute approximate surface area is 232 Å². The highest BCUT2D eigenvalue weighted by Gasteiger charge is 2.34. The highest BCUT2D eigenvalue weighted by Crippen LogP contribution is 2.36. The number of nitro benzene ring substituents is 1. The molecule has 40 heavy (non-hydrogen) atoms. The summed E-state index contributed by atoms with van der Waals surface area (Å²) in [6.45, 7) is 6.89. The molecule has 0 bridgehead atoms. The smallest absolute Gasteiger partial charge is 0.338 e. The number of carbonyl (C=O) groups excluding carboxylic acids is 2. The first-order chi connectivity index (χ1) is 19.0. The normalized spacial score (nSPS) is 14.9. The van der Waals surface area contributed by atoms with Crippen LogP contribution in [0.4, 0.5) is 5.69 Å². The summed E-state index contributed by atoms with van der Waals surface area (Å²) in [5.41, 5.74) is 0.625. The predicted octanol–water partition coefficient (Wildman–Crippen LogP) is 3.28. The van der Waals surface area contributed by atoms with E-state index in [2.05, 4.69) is 4.99 Å². The summed E-state index contributed by atoms with van der Waals surface area (Å²) in [6, 6.07) is 9.86. The highest BCUT2D eigenvalue weighted by molar-refractivity contribution is 7.07. The quantitative estimate of drug-likeness (QED) is 0.176. The fraction of sp³-hybridized carbons (Fsp3) is 0.286. The van der Waals surface area contributed by atoms with Crippen LogP contribution in [-0.4, -0.2) is 35.1 Å². The third-order valence-electron chi connectivity index (χ3n) is 5.97. The third kappa shape index (κ3) is 5.71. The monoisotopic (exact) mass is 565 g/mol. The van der Waals surface area contributed by atoms with Crippen LogP contribution in [-0.2, 0) is 14.3 Å². The summed E-state index contributed by atoms with van der Waals surface area (Å²) in [6.07, 6.45) is 1.44. The Morgan fingerprint density at radius 2 is 1.93 bits per heavy atom. The number of allylic oxidation sites excluding steroid dienone is 1. The van der Waals surface area contributed by atoms with Crippen LogP contribution in [0.1, 0.15) is 44.9 Å². The Kier molecular flexibility index (Phi) is 8.29. The molecule has 1 aliphatic rings. The van der Waals surface area contributed by atoms with E-state index in [1.54, 1.807) is 37.3 Å². The molecule has 4 rings (SSSR count). The first-order valence-corrected chi connectivity index (χ1v) is 13.1. The molecule has 3 aromatic rings. The number of aromatic nitrogens is 1. The first-order valence-electron chi connectivity index (χ1n) is 12.3. The van der Waals surface area contributed by atoms with Crippen molar-refractivity contribution in [3.8, 4) is 11.5 Å². The molecule has 2 aromatic carbocycles. The lowest BCUT2D eigenvalue weighted by molar-refractivity contribution is -0.385. The standard InChI is InChI=1S/C28H27N3O8S/c1-15(2)14-38-27(34)24-16(3)29-28-30(25(24)19-10-11-21(39-17(4)32)22(12-19)37-5)26(33)23(40-28)13-18-8-6-7-9-20(18)31(35)36/h6-13,15,25H,14H2,1-5H3. The number of fused-ring (bicyclic) bond motifs is 1. The number of thiazole rings is 1. The molecule has 0 saturated heterocycles. The molecule has 11 nitrogen and oxygen atoms in total. The minimum atomic E-state index is -0.955. The van der Waals surface area contributed by atoms with Gasteiger partial charge in [-0.1, -0.05) is 43.4 Å². The van der Waals surface area contributed by atoms with E-state index in [1.807, 2.05) is 13.8 Å². The average Bonchev–Trinajstić information content (AvgIpc) is 3.20. The van der Waals surface area contributed by atoms with Gasteiger partial charge in [-0.15, -0.1) is 0 Å². The maximum atomic E-state index is 13.8. The molecule has 2 heterocycles. The van der Waals surface area contributed by atoms with Gasteiger partial charge in [-0.2, -0.15) is 0 Å². The van der Waals surface area contributed by atoms with Gasteiger partial charge in [-0.05, 0) is 42.7 Å². The van der Waals surface area contributed by atoms with Gasteiger partial charge < -0.3 is 14.2 Å². The molecule has 0 amide bonds. The summed E-state index contributed by atoms with van der Waals surface area (Å²) in [5, 5.41) is 11.5. The Morgan fingerprint density at radius 3 is 2.58 bits per heavy atom. The summed E-state index contributed by atoms with van der Waals surface area (Å²) < 4.78 is 17.8. The van der Waals surface area contributed by atoms with Crippen LogP contribution < -0.4 is 24.4 Å². The van der Waals surface area contributed by atoms with E-state index >= 15 is 0 Å².